The summed E-state index contributed by atoms with van der Waals surface area (Å²) in [6, 6.07) is 5.28. The Balaban J connectivity index is 1.97. The van der Waals surface area contributed by atoms with Gasteiger partial charge < -0.3 is 25.3 Å². The van der Waals surface area contributed by atoms with E-state index >= 15 is 0 Å². The third kappa shape index (κ3) is 8.59. The first-order valence-electron chi connectivity index (χ1n) is 9.51. The largest absolute Gasteiger partial charge is 0.485 e. The van der Waals surface area contributed by atoms with Crippen molar-refractivity contribution >= 4 is 50.8 Å². The number of benzene rings is 1. The lowest BCUT2D eigenvalue weighted by molar-refractivity contribution is -0.120. The van der Waals surface area contributed by atoms with E-state index in [9.17, 15) is 9.59 Å². The first-order valence-corrected chi connectivity index (χ1v) is 11.1. The predicted octanol–water partition coefficient (Wildman–Crippen LogP) is 2.30. The number of amides is 2. The molecular weight excluding hydrogens is 505 g/mol. The van der Waals surface area contributed by atoms with Gasteiger partial charge in [-0.15, -0.1) is 0 Å². The van der Waals surface area contributed by atoms with Crippen LogP contribution in [0.15, 0.2) is 39.3 Å². The van der Waals surface area contributed by atoms with Gasteiger partial charge in [0.05, 0.1) is 18.0 Å². The lowest BCUT2D eigenvalue weighted by Gasteiger charge is -2.25. The summed E-state index contributed by atoms with van der Waals surface area (Å²) in [5.74, 6) is -0.793. The minimum Gasteiger partial charge on any atom is -0.408 e. The number of carbonyl (C=O) groups is 2. The van der Waals surface area contributed by atoms with E-state index in [0.717, 1.165) is 17.6 Å². The van der Waals surface area contributed by atoms with E-state index in [1.165, 1.54) is 0 Å². The van der Waals surface area contributed by atoms with Gasteiger partial charge in [-0.2, -0.15) is 0 Å². The summed E-state index contributed by atoms with van der Waals surface area (Å²) >= 11 is 6.69. The highest BCUT2D eigenvalue weighted by Crippen LogP contribution is 2.21. The van der Waals surface area contributed by atoms with Crippen molar-refractivity contribution < 1.29 is 18.9 Å². The molecular formula is C19H26BBr2N3O4. The topological polar surface area (TPSA) is 88.7 Å². The third-order valence-corrected chi connectivity index (χ3v) is 5.21. The zero-order valence-electron chi connectivity index (χ0n) is 16.5. The molecule has 7 nitrogen and oxygen atoms in total. The number of nitrogens with one attached hydrogen (secondary N) is 3. The maximum absolute atomic E-state index is 12.5. The Labute approximate surface area is 188 Å². The van der Waals surface area contributed by atoms with Gasteiger partial charge in [0.25, 0.3) is 5.91 Å². The second kappa shape index (κ2) is 12.5. The number of hydrogen-bond acceptors (Lipinski definition) is 5. The highest BCUT2D eigenvalue weighted by atomic mass is 79.9. The molecule has 0 saturated carbocycles. The zero-order chi connectivity index (χ0) is 21.2. The van der Waals surface area contributed by atoms with E-state index in [-0.39, 0.29) is 18.4 Å². The van der Waals surface area contributed by atoms with Crippen molar-refractivity contribution in [2.75, 3.05) is 32.8 Å². The summed E-state index contributed by atoms with van der Waals surface area (Å²) in [6.07, 6.45) is 3.88. The number of carbonyl (C=O) groups excluding carboxylic acids is 2. The molecule has 1 atom stereocenters. The van der Waals surface area contributed by atoms with Crippen LogP contribution in [0.5, 0.6) is 0 Å². The molecule has 29 heavy (non-hydrogen) atoms. The highest BCUT2D eigenvalue weighted by molar-refractivity contribution is 9.11. The normalized spacial score (nSPS) is 16.4. The van der Waals surface area contributed by atoms with E-state index in [1.807, 2.05) is 18.2 Å². The van der Waals surface area contributed by atoms with Gasteiger partial charge in [-0.05, 0) is 40.0 Å². The van der Waals surface area contributed by atoms with Crippen LogP contribution in [0, 0.1) is 5.92 Å². The molecule has 2 rings (SSSR count). The van der Waals surface area contributed by atoms with E-state index in [2.05, 4.69) is 61.7 Å². The zero-order valence-corrected chi connectivity index (χ0v) is 19.7. The number of hydrogen-bond donors (Lipinski definition) is 3. The van der Waals surface area contributed by atoms with Crippen molar-refractivity contribution in [3.63, 3.8) is 0 Å². The molecule has 0 aromatic heterocycles. The third-order valence-electron chi connectivity index (χ3n) is 4.03. The van der Waals surface area contributed by atoms with Gasteiger partial charge in [-0.1, -0.05) is 41.9 Å². The van der Waals surface area contributed by atoms with E-state index in [0.29, 0.717) is 29.2 Å². The molecule has 1 unspecified atom stereocenters. The first-order chi connectivity index (χ1) is 13.9. The summed E-state index contributed by atoms with van der Waals surface area (Å²) in [5, 5.41) is 8.72. The molecule has 0 bridgehead atoms. The Bertz CT molecular complexity index is 725. The Morgan fingerprint density at radius 3 is 2.55 bits per heavy atom. The maximum Gasteiger partial charge on any atom is 0.485 e. The smallest absolute Gasteiger partial charge is 0.408 e. The Hall–Kier alpha value is -1.20. The molecule has 1 heterocycles. The Morgan fingerprint density at radius 1 is 1.21 bits per heavy atom. The van der Waals surface area contributed by atoms with Crippen LogP contribution in [-0.4, -0.2) is 57.7 Å². The maximum atomic E-state index is 12.5. The Kier molecular flexibility index (Phi) is 10.4. The average molecular weight is 531 g/mol. The summed E-state index contributed by atoms with van der Waals surface area (Å²) in [4.78, 5) is 24.9. The molecule has 1 aromatic rings. The van der Waals surface area contributed by atoms with Crippen molar-refractivity contribution in [3.05, 3.63) is 44.9 Å². The summed E-state index contributed by atoms with van der Waals surface area (Å²) in [7, 11) is -0.578. The summed E-state index contributed by atoms with van der Waals surface area (Å²) in [5.41, 5.74) is 0.447. The SMILES string of the molecule is CC(C)/C=C/C(NC(=O)CNC(=O)c1cc(Br)ccc1Br)B1OCCNCCO1. The van der Waals surface area contributed by atoms with Gasteiger partial charge in [-0.25, -0.2) is 0 Å². The number of rotatable bonds is 7. The first kappa shape index (κ1) is 24.1. The van der Waals surface area contributed by atoms with Crippen LogP contribution in [0.25, 0.3) is 0 Å². The fraction of sp³-hybridized carbons (Fsp3) is 0.474. The van der Waals surface area contributed by atoms with E-state index in [1.54, 1.807) is 12.1 Å². The second-order valence-corrected chi connectivity index (χ2v) is 8.66. The van der Waals surface area contributed by atoms with Crippen LogP contribution in [0.4, 0.5) is 0 Å². The molecule has 1 saturated heterocycles. The molecule has 3 N–H and O–H groups in total. The van der Waals surface area contributed by atoms with Crippen molar-refractivity contribution in [2.24, 2.45) is 5.92 Å². The van der Waals surface area contributed by atoms with E-state index < -0.39 is 13.1 Å². The fourth-order valence-corrected chi connectivity index (χ4v) is 3.38. The van der Waals surface area contributed by atoms with Crippen LogP contribution >= 0.6 is 31.9 Å². The van der Waals surface area contributed by atoms with Crippen LogP contribution < -0.4 is 16.0 Å². The fourth-order valence-electron chi connectivity index (χ4n) is 2.59. The molecule has 2 amide bonds. The van der Waals surface area contributed by atoms with Crippen molar-refractivity contribution in [3.8, 4) is 0 Å². The quantitative estimate of drug-likeness (QED) is 0.372. The van der Waals surface area contributed by atoms with Crippen LogP contribution in [0.1, 0.15) is 24.2 Å². The molecule has 0 aliphatic carbocycles. The minimum atomic E-state index is -0.578. The minimum absolute atomic E-state index is 0.155. The molecule has 1 aliphatic rings. The van der Waals surface area contributed by atoms with E-state index in [4.69, 9.17) is 9.31 Å². The van der Waals surface area contributed by atoms with Gasteiger partial charge >= 0.3 is 7.12 Å². The summed E-state index contributed by atoms with van der Waals surface area (Å²) < 4.78 is 12.9. The van der Waals surface area contributed by atoms with Gasteiger partial charge in [0.1, 0.15) is 0 Å². The molecule has 0 spiro atoms. The van der Waals surface area contributed by atoms with Gasteiger partial charge in [0, 0.05) is 35.2 Å². The predicted molar refractivity (Wildman–Crippen MR) is 121 cm³/mol. The lowest BCUT2D eigenvalue weighted by atomic mass is 9.77. The summed E-state index contributed by atoms with van der Waals surface area (Å²) in [6.45, 7) is 6.38. The van der Waals surface area contributed by atoms with Crippen LogP contribution in [0.3, 0.4) is 0 Å². The molecule has 1 aromatic carbocycles. The molecule has 1 fully saturated rings. The molecule has 0 radical (unpaired) electrons. The molecule has 158 valence electrons. The number of allylic oxidation sites excluding steroid dienone is 1. The van der Waals surface area contributed by atoms with Gasteiger partial charge in [0.15, 0.2) is 0 Å². The second-order valence-electron chi connectivity index (χ2n) is 6.89. The van der Waals surface area contributed by atoms with Gasteiger partial charge in [-0.3, -0.25) is 9.59 Å². The van der Waals surface area contributed by atoms with Crippen LogP contribution in [0.2, 0.25) is 0 Å². The highest BCUT2D eigenvalue weighted by Gasteiger charge is 2.30. The van der Waals surface area contributed by atoms with Crippen LogP contribution in [-0.2, 0) is 14.1 Å². The van der Waals surface area contributed by atoms with Crippen molar-refractivity contribution in [2.45, 2.75) is 19.8 Å². The Morgan fingerprint density at radius 2 is 1.90 bits per heavy atom. The lowest BCUT2D eigenvalue weighted by Crippen LogP contribution is -2.52. The molecule has 10 heteroatoms. The number of halogens is 2. The standard InChI is InChI=1S/C19H26BBr2N3O4/c1-13(2)3-6-17(20-28-9-7-23-8-10-29-20)25-18(26)12-24-19(27)15-11-14(21)4-5-16(15)22/h3-6,11,13,17,23H,7-10,12H2,1-2H3,(H,24,27)(H,25,26)/b6-3+. The van der Waals surface area contributed by atoms with Crippen molar-refractivity contribution in [1.29, 1.82) is 0 Å². The van der Waals surface area contributed by atoms with Gasteiger partial charge in [0.2, 0.25) is 5.91 Å². The molecule has 1 aliphatic heterocycles. The van der Waals surface area contributed by atoms with Crippen molar-refractivity contribution in [1.82, 2.24) is 16.0 Å². The average Bonchev–Trinajstić information content (AvgIpc) is 2.65. The monoisotopic (exact) mass is 529 g/mol.